The zero-order chi connectivity index (χ0) is 16.7. The molecule has 0 amide bonds. The summed E-state index contributed by atoms with van der Waals surface area (Å²) in [6.45, 7) is 5.37. The fourth-order valence-corrected chi connectivity index (χ4v) is 3.37. The molecule has 3 heteroatoms. The maximum absolute atomic E-state index is 12.5. The number of carbonyl (C=O) groups is 1. The Morgan fingerprint density at radius 2 is 1.58 bits per heavy atom. The molecule has 0 radical (unpaired) electrons. The van der Waals surface area contributed by atoms with Crippen molar-refractivity contribution in [1.29, 1.82) is 0 Å². The van der Waals surface area contributed by atoms with Gasteiger partial charge in [0.05, 0.1) is 12.5 Å². The number of fused-ring (bicyclic) bond motifs is 3. The molecule has 1 aromatic heterocycles. The Morgan fingerprint density at radius 1 is 1.00 bits per heavy atom. The van der Waals surface area contributed by atoms with Crippen LogP contribution in [0.5, 0.6) is 0 Å². The highest BCUT2D eigenvalue weighted by molar-refractivity contribution is 5.90. The zero-order valence-corrected chi connectivity index (χ0v) is 13.3. The van der Waals surface area contributed by atoms with E-state index in [0.717, 1.165) is 27.8 Å². The second-order valence-corrected chi connectivity index (χ2v) is 5.95. The van der Waals surface area contributed by atoms with E-state index in [0.29, 0.717) is 5.57 Å². The number of furan rings is 1. The quantitative estimate of drug-likeness (QED) is 0.520. The van der Waals surface area contributed by atoms with E-state index < -0.39 is 11.6 Å². The van der Waals surface area contributed by atoms with Gasteiger partial charge in [0, 0.05) is 22.3 Å². The smallest absolute Gasteiger partial charge is 0.334 e. The highest BCUT2D eigenvalue weighted by Crippen LogP contribution is 2.53. The van der Waals surface area contributed by atoms with E-state index in [2.05, 4.69) is 6.58 Å². The van der Waals surface area contributed by atoms with Crippen molar-refractivity contribution < 1.29 is 13.9 Å². The standard InChI is InChI=1S/C21H16O3/c1-14(2)20(22)24-21(15-11-12-23-13-15)18-9-5-3-7-16(18)17-8-4-6-10-19(17)21/h3-13H,1H2,2H3. The molecule has 0 saturated heterocycles. The SMILES string of the molecule is C=C(C)C(=O)OC1(c2ccoc2)c2ccccc2-c2ccccc21. The number of esters is 1. The van der Waals surface area contributed by atoms with Gasteiger partial charge < -0.3 is 9.15 Å². The number of ether oxygens (including phenoxy) is 1. The van der Waals surface area contributed by atoms with Crippen molar-refractivity contribution in [1.82, 2.24) is 0 Å². The Hall–Kier alpha value is -3.07. The molecule has 24 heavy (non-hydrogen) atoms. The third-order valence-electron chi connectivity index (χ3n) is 4.42. The van der Waals surface area contributed by atoms with Crippen molar-refractivity contribution >= 4 is 5.97 Å². The van der Waals surface area contributed by atoms with Crippen LogP contribution in [0.1, 0.15) is 23.6 Å². The van der Waals surface area contributed by atoms with Gasteiger partial charge in [-0.05, 0) is 24.1 Å². The predicted octanol–water partition coefficient (Wildman–Crippen LogP) is 4.67. The lowest BCUT2D eigenvalue weighted by atomic mass is 9.85. The minimum absolute atomic E-state index is 0.361. The fourth-order valence-electron chi connectivity index (χ4n) is 3.37. The molecule has 0 bridgehead atoms. The minimum atomic E-state index is -1.02. The van der Waals surface area contributed by atoms with Crippen molar-refractivity contribution in [3.8, 4) is 11.1 Å². The second kappa shape index (κ2) is 5.24. The molecule has 0 fully saturated rings. The Kier molecular flexibility index (Phi) is 3.17. The van der Waals surface area contributed by atoms with Gasteiger partial charge in [0.2, 0.25) is 0 Å². The van der Waals surface area contributed by atoms with Crippen molar-refractivity contribution in [3.05, 3.63) is 96.0 Å². The molecule has 0 unspecified atom stereocenters. The maximum atomic E-state index is 12.5. The van der Waals surface area contributed by atoms with Crippen LogP contribution >= 0.6 is 0 Å². The van der Waals surface area contributed by atoms with Crippen LogP contribution in [-0.2, 0) is 15.1 Å². The van der Waals surface area contributed by atoms with Crippen LogP contribution in [-0.4, -0.2) is 5.97 Å². The summed E-state index contributed by atoms with van der Waals surface area (Å²) in [4.78, 5) is 12.5. The minimum Gasteiger partial charge on any atom is -0.472 e. The molecule has 3 aromatic rings. The van der Waals surface area contributed by atoms with Crippen molar-refractivity contribution in [3.63, 3.8) is 0 Å². The van der Waals surface area contributed by atoms with E-state index in [-0.39, 0.29) is 0 Å². The van der Waals surface area contributed by atoms with E-state index in [1.807, 2.05) is 54.6 Å². The summed E-state index contributed by atoms with van der Waals surface area (Å²) in [6.07, 6.45) is 3.22. The highest BCUT2D eigenvalue weighted by Gasteiger charge is 2.48. The van der Waals surface area contributed by atoms with Crippen LogP contribution in [0.3, 0.4) is 0 Å². The van der Waals surface area contributed by atoms with E-state index in [9.17, 15) is 4.79 Å². The average Bonchev–Trinajstić information content (AvgIpc) is 3.22. The second-order valence-electron chi connectivity index (χ2n) is 5.95. The molecule has 0 spiro atoms. The number of hydrogen-bond acceptors (Lipinski definition) is 3. The molecular weight excluding hydrogens is 300 g/mol. The lowest BCUT2D eigenvalue weighted by Gasteiger charge is -2.31. The molecule has 1 aliphatic carbocycles. The first-order valence-corrected chi connectivity index (χ1v) is 7.75. The van der Waals surface area contributed by atoms with Gasteiger partial charge in [-0.1, -0.05) is 55.1 Å². The van der Waals surface area contributed by atoms with E-state index in [4.69, 9.17) is 9.15 Å². The van der Waals surface area contributed by atoms with Crippen molar-refractivity contribution in [2.24, 2.45) is 0 Å². The fraction of sp³-hybridized carbons (Fsp3) is 0.0952. The molecule has 0 aliphatic heterocycles. The molecular formula is C21H16O3. The molecule has 1 heterocycles. The largest absolute Gasteiger partial charge is 0.472 e. The van der Waals surface area contributed by atoms with Crippen LogP contribution in [0.25, 0.3) is 11.1 Å². The Labute approximate surface area is 140 Å². The first-order valence-electron chi connectivity index (χ1n) is 7.75. The summed E-state index contributed by atoms with van der Waals surface area (Å²) < 4.78 is 11.4. The van der Waals surface area contributed by atoms with Crippen molar-refractivity contribution in [2.45, 2.75) is 12.5 Å². The Balaban J connectivity index is 2.06. The van der Waals surface area contributed by atoms with Gasteiger partial charge in [-0.2, -0.15) is 0 Å². The number of hydrogen-bond donors (Lipinski definition) is 0. The molecule has 1 aliphatic rings. The molecule has 3 nitrogen and oxygen atoms in total. The molecule has 2 aromatic carbocycles. The van der Waals surface area contributed by atoms with Gasteiger partial charge >= 0.3 is 5.97 Å². The zero-order valence-electron chi connectivity index (χ0n) is 13.3. The van der Waals surface area contributed by atoms with Gasteiger partial charge in [-0.25, -0.2) is 4.79 Å². The maximum Gasteiger partial charge on any atom is 0.334 e. The predicted molar refractivity (Wildman–Crippen MR) is 91.4 cm³/mol. The average molecular weight is 316 g/mol. The summed E-state index contributed by atoms with van der Waals surface area (Å²) in [5, 5.41) is 0. The summed E-state index contributed by atoms with van der Waals surface area (Å²) in [5.74, 6) is -0.428. The molecule has 0 N–H and O–H groups in total. The van der Waals surface area contributed by atoms with Crippen molar-refractivity contribution in [2.75, 3.05) is 0 Å². The highest BCUT2D eigenvalue weighted by atomic mass is 16.6. The van der Waals surface area contributed by atoms with E-state index >= 15 is 0 Å². The van der Waals surface area contributed by atoms with Crippen LogP contribution in [0.4, 0.5) is 0 Å². The summed E-state index contributed by atoms with van der Waals surface area (Å²) in [6, 6.07) is 17.8. The van der Waals surface area contributed by atoms with Gasteiger partial charge in [-0.3, -0.25) is 0 Å². The molecule has 0 saturated carbocycles. The van der Waals surface area contributed by atoms with E-state index in [1.54, 1.807) is 19.5 Å². The van der Waals surface area contributed by atoms with Crippen LogP contribution in [0.2, 0.25) is 0 Å². The molecule has 0 atom stereocenters. The lowest BCUT2D eigenvalue weighted by molar-refractivity contribution is -0.148. The summed E-state index contributed by atoms with van der Waals surface area (Å²) in [7, 11) is 0. The topological polar surface area (TPSA) is 39.4 Å². The van der Waals surface area contributed by atoms with Crippen LogP contribution in [0, 0.1) is 0 Å². The first kappa shape index (κ1) is 14.5. The number of benzene rings is 2. The third kappa shape index (κ3) is 1.88. The number of carbonyl (C=O) groups excluding carboxylic acids is 1. The summed E-state index contributed by atoms with van der Waals surface area (Å²) >= 11 is 0. The van der Waals surface area contributed by atoms with Gasteiger partial charge in [0.15, 0.2) is 5.60 Å². The van der Waals surface area contributed by atoms with E-state index in [1.165, 1.54) is 0 Å². The Bertz CT molecular complexity index is 890. The van der Waals surface area contributed by atoms with Crippen LogP contribution < -0.4 is 0 Å². The lowest BCUT2D eigenvalue weighted by Crippen LogP contribution is -2.33. The van der Waals surface area contributed by atoms with Crippen LogP contribution in [0.15, 0.2) is 83.7 Å². The third-order valence-corrected chi connectivity index (χ3v) is 4.42. The Morgan fingerprint density at radius 3 is 2.08 bits per heavy atom. The molecule has 4 rings (SSSR count). The van der Waals surface area contributed by atoms with Gasteiger partial charge in [0.1, 0.15) is 0 Å². The number of rotatable bonds is 3. The van der Waals surface area contributed by atoms with Gasteiger partial charge in [-0.15, -0.1) is 0 Å². The normalized spacial score (nSPS) is 13.9. The van der Waals surface area contributed by atoms with Gasteiger partial charge in [0.25, 0.3) is 0 Å². The first-order chi connectivity index (χ1) is 11.6. The summed E-state index contributed by atoms with van der Waals surface area (Å²) in [5.41, 5.74) is 4.11. The molecule has 118 valence electrons. The monoisotopic (exact) mass is 316 g/mol.